The molecule has 0 bridgehead atoms. The van der Waals surface area contributed by atoms with Gasteiger partial charge in [-0.15, -0.1) is 0 Å². The molecular weight excluding hydrogens is 444 g/mol. The number of carbonyl (C=O) groups excluding carboxylic acids is 2. The summed E-state index contributed by atoms with van der Waals surface area (Å²) in [6.07, 6.45) is 2.01. The van der Waals surface area contributed by atoms with Crippen LogP contribution < -0.4 is 15.0 Å². The number of imidazole rings is 1. The SMILES string of the molecule is CCCCOc1ccc(C(=O)Nc2nc(N(C)C)n(-c3ccccc3)c2C(=O)OC(C)(C)C)cc1. The fraction of sp³-hybridized carbons (Fsp3) is 0.370. The van der Waals surface area contributed by atoms with E-state index in [0.29, 0.717) is 23.9 Å². The summed E-state index contributed by atoms with van der Waals surface area (Å²) in [7, 11) is 3.65. The van der Waals surface area contributed by atoms with Gasteiger partial charge in [-0.1, -0.05) is 31.5 Å². The van der Waals surface area contributed by atoms with Crippen LogP contribution in [0.25, 0.3) is 5.69 Å². The molecule has 3 aromatic rings. The van der Waals surface area contributed by atoms with Crippen molar-refractivity contribution in [2.75, 3.05) is 30.9 Å². The number of nitrogens with zero attached hydrogens (tertiary/aromatic N) is 3. The van der Waals surface area contributed by atoms with Crippen molar-refractivity contribution >= 4 is 23.6 Å². The molecule has 0 spiro atoms. The third-order valence-electron chi connectivity index (χ3n) is 4.98. The third kappa shape index (κ3) is 6.62. The van der Waals surface area contributed by atoms with Gasteiger partial charge < -0.3 is 19.7 Å². The summed E-state index contributed by atoms with van der Waals surface area (Å²) in [6, 6.07) is 16.3. The minimum Gasteiger partial charge on any atom is -0.494 e. The van der Waals surface area contributed by atoms with E-state index in [2.05, 4.69) is 17.2 Å². The number of benzene rings is 2. The number of para-hydroxylation sites is 1. The third-order valence-corrected chi connectivity index (χ3v) is 4.98. The largest absolute Gasteiger partial charge is 0.494 e. The highest BCUT2D eigenvalue weighted by atomic mass is 16.6. The lowest BCUT2D eigenvalue weighted by atomic mass is 10.2. The first-order chi connectivity index (χ1) is 16.6. The molecule has 0 fully saturated rings. The van der Waals surface area contributed by atoms with Crippen LogP contribution in [-0.4, -0.2) is 47.7 Å². The molecule has 8 heteroatoms. The zero-order valence-corrected chi connectivity index (χ0v) is 21.3. The van der Waals surface area contributed by atoms with E-state index in [1.54, 1.807) is 54.5 Å². The van der Waals surface area contributed by atoms with Crippen LogP contribution >= 0.6 is 0 Å². The van der Waals surface area contributed by atoms with Crippen molar-refractivity contribution in [1.29, 1.82) is 0 Å². The Kier molecular flexibility index (Phi) is 8.17. The summed E-state index contributed by atoms with van der Waals surface area (Å²) in [5, 5.41) is 2.81. The Morgan fingerprint density at radius 2 is 1.69 bits per heavy atom. The number of unbranched alkanes of at least 4 members (excludes halogenated alkanes) is 1. The van der Waals surface area contributed by atoms with Gasteiger partial charge in [-0.05, 0) is 63.6 Å². The van der Waals surface area contributed by atoms with Crippen LogP contribution in [0.3, 0.4) is 0 Å². The number of amides is 1. The van der Waals surface area contributed by atoms with Crippen molar-refractivity contribution < 1.29 is 19.1 Å². The van der Waals surface area contributed by atoms with E-state index < -0.39 is 17.5 Å². The van der Waals surface area contributed by atoms with Gasteiger partial charge in [0, 0.05) is 25.3 Å². The summed E-state index contributed by atoms with van der Waals surface area (Å²) in [4.78, 5) is 32.8. The molecule has 8 nitrogen and oxygen atoms in total. The second-order valence-electron chi connectivity index (χ2n) is 9.36. The quantitative estimate of drug-likeness (QED) is 0.331. The zero-order chi connectivity index (χ0) is 25.6. The molecule has 0 aliphatic rings. The van der Waals surface area contributed by atoms with E-state index in [1.165, 1.54) is 0 Å². The van der Waals surface area contributed by atoms with E-state index >= 15 is 0 Å². The van der Waals surface area contributed by atoms with Crippen LogP contribution in [-0.2, 0) is 4.74 Å². The number of ether oxygens (including phenoxy) is 2. The van der Waals surface area contributed by atoms with Crippen molar-refractivity contribution in [2.24, 2.45) is 0 Å². The number of anilines is 2. The first kappa shape index (κ1) is 25.8. The van der Waals surface area contributed by atoms with Crippen LogP contribution in [0.1, 0.15) is 61.4 Å². The second kappa shape index (κ2) is 11.1. The fourth-order valence-electron chi connectivity index (χ4n) is 3.35. The van der Waals surface area contributed by atoms with Gasteiger partial charge >= 0.3 is 5.97 Å². The Balaban J connectivity index is 1.99. The minimum absolute atomic E-state index is 0.125. The van der Waals surface area contributed by atoms with Crippen molar-refractivity contribution in [3.63, 3.8) is 0 Å². The monoisotopic (exact) mass is 478 g/mol. The molecule has 0 atom stereocenters. The molecule has 2 aromatic carbocycles. The van der Waals surface area contributed by atoms with Gasteiger partial charge in [0.15, 0.2) is 11.5 Å². The van der Waals surface area contributed by atoms with Crippen LogP contribution in [0.15, 0.2) is 54.6 Å². The number of nitrogens with one attached hydrogen (secondary N) is 1. The molecule has 1 aromatic heterocycles. The van der Waals surface area contributed by atoms with Gasteiger partial charge in [0.1, 0.15) is 11.4 Å². The Morgan fingerprint density at radius 1 is 1.03 bits per heavy atom. The average molecular weight is 479 g/mol. The maximum Gasteiger partial charge on any atom is 0.359 e. The van der Waals surface area contributed by atoms with Crippen molar-refractivity contribution in [2.45, 2.75) is 46.1 Å². The summed E-state index contributed by atoms with van der Waals surface area (Å²) < 4.78 is 13.0. The van der Waals surface area contributed by atoms with Gasteiger partial charge in [0.25, 0.3) is 5.91 Å². The molecule has 0 saturated carbocycles. The molecule has 35 heavy (non-hydrogen) atoms. The van der Waals surface area contributed by atoms with Crippen molar-refractivity contribution in [3.05, 3.63) is 65.9 Å². The first-order valence-electron chi connectivity index (χ1n) is 11.7. The number of aromatic nitrogens is 2. The van der Waals surface area contributed by atoms with E-state index in [4.69, 9.17) is 9.47 Å². The van der Waals surface area contributed by atoms with Gasteiger partial charge in [-0.25, -0.2) is 4.79 Å². The van der Waals surface area contributed by atoms with Crippen LogP contribution in [0.2, 0.25) is 0 Å². The molecule has 186 valence electrons. The molecular formula is C27H34N4O4. The topological polar surface area (TPSA) is 85.7 Å². The standard InChI is InChI=1S/C27H34N4O4/c1-7-8-18-34-21-16-14-19(15-17-21)24(32)28-23-22(25(33)35-27(2,3)4)31(26(29-23)30(5)6)20-12-10-9-11-13-20/h9-17H,7-8,18H2,1-6H3,(H,28,32). The van der Waals surface area contributed by atoms with Gasteiger partial charge in [0.05, 0.1) is 6.61 Å². The normalized spacial score (nSPS) is 11.1. The van der Waals surface area contributed by atoms with Gasteiger partial charge in [-0.2, -0.15) is 4.98 Å². The summed E-state index contributed by atoms with van der Waals surface area (Å²) in [5.74, 6) is 0.328. The molecule has 0 radical (unpaired) electrons. The lowest BCUT2D eigenvalue weighted by Gasteiger charge is -2.21. The number of hydrogen-bond donors (Lipinski definition) is 1. The predicted molar refractivity (Wildman–Crippen MR) is 138 cm³/mol. The Morgan fingerprint density at radius 3 is 2.26 bits per heavy atom. The van der Waals surface area contributed by atoms with E-state index in [-0.39, 0.29) is 11.5 Å². The summed E-state index contributed by atoms with van der Waals surface area (Å²) in [6.45, 7) is 8.12. The van der Waals surface area contributed by atoms with Crippen molar-refractivity contribution in [1.82, 2.24) is 9.55 Å². The number of carbonyl (C=O) groups is 2. The smallest absolute Gasteiger partial charge is 0.359 e. The highest BCUT2D eigenvalue weighted by molar-refractivity contribution is 6.07. The summed E-state index contributed by atoms with van der Waals surface area (Å²) in [5.41, 5.74) is 0.556. The molecule has 1 N–H and O–H groups in total. The maximum atomic E-state index is 13.3. The number of rotatable bonds is 9. The number of esters is 1. The molecule has 0 saturated heterocycles. The predicted octanol–water partition coefficient (Wildman–Crippen LogP) is 5.32. The lowest BCUT2D eigenvalue weighted by Crippen LogP contribution is -2.27. The molecule has 0 aliphatic heterocycles. The van der Waals surface area contributed by atoms with E-state index in [1.807, 2.05) is 44.4 Å². The zero-order valence-electron chi connectivity index (χ0n) is 21.3. The van der Waals surface area contributed by atoms with Gasteiger partial charge in [-0.3, -0.25) is 9.36 Å². The first-order valence-corrected chi connectivity index (χ1v) is 11.7. The number of hydrogen-bond acceptors (Lipinski definition) is 6. The molecule has 1 heterocycles. The average Bonchev–Trinajstić information content (AvgIpc) is 3.19. The fourth-order valence-corrected chi connectivity index (χ4v) is 3.35. The minimum atomic E-state index is -0.726. The Labute approximate surface area is 206 Å². The molecule has 3 rings (SSSR count). The summed E-state index contributed by atoms with van der Waals surface area (Å²) >= 11 is 0. The molecule has 1 amide bonds. The van der Waals surface area contributed by atoms with Gasteiger partial charge in [0.2, 0.25) is 5.95 Å². The Bertz CT molecular complexity index is 1150. The lowest BCUT2D eigenvalue weighted by molar-refractivity contribution is 0.00619. The van der Waals surface area contributed by atoms with Crippen LogP contribution in [0.4, 0.5) is 11.8 Å². The van der Waals surface area contributed by atoms with E-state index in [0.717, 1.165) is 18.5 Å². The van der Waals surface area contributed by atoms with Crippen molar-refractivity contribution in [3.8, 4) is 11.4 Å². The highest BCUT2D eigenvalue weighted by Crippen LogP contribution is 2.29. The molecule has 0 unspecified atom stereocenters. The maximum absolute atomic E-state index is 13.3. The van der Waals surface area contributed by atoms with E-state index in [9.17, 15) is 9.59 Å². The second-order valence-corrected chi connectivity index (χ2v) is 9.36. The molecule has 0 aliphatic carbocycles. The van der Waals surface area contributed by atoms with Crippen LogP contribution in [0, 0.1) is 0 Å². The Hall–Kier alpha value is -3.81. The highest BCUT2D eigenvalue weighted by Gasteiger charge is 2.30. The van der Waals surface area contributed by atoms with Crippen LogP contribution in [0.5, 0.6) is 5.75 Å².